The van der Waals surface area contributed by atoms with E-state index in [2.05, 4.69) is 0 Å². The Kier molecular flexibility index (Phi) is 3.82. The summed E-state index contributed by atoms with van der Waals surface area (Å²) in [6, 6.07) is 19.0. The van der Waals surface area contributed by atoms with Gasteiger partial charge < -0.3 is 19.7 Å². The zero-order chi connectivity index (χ0) is 18.1. The van der Waals surface area contributed by atoms with E-state index in [9.17, 15) is 15.0 Å². The molecular weight excluding hydrogens is 332 g/mol. The molecule has 2 N–H and O–H groups in total. The monoisotopic (exact) mass is 346 g/mol. The molecule has 26 heavy (non-hydrogen) atoms. The Bertz CT molecular complexity index is 1020. The number of fused-ring (bicyclic) bond motifs is 1. The predicted octanol–water partition coefficient (Wildman–Crippen LogP) is 4.51. The Morgan fingerprint density at radius 1 is 0.885 bits per heavy atom. The van der Waals surface area contributed by atoms with E-state index in [0.29, 0.717) is 17.1 Å². The number of aromatic hydroxyl groups is 2. The van der Waals surface area contributed by atoms with E-state index in [1.807, 2.05) is 42.5 Å². The summed E-state index contributed by atoms with van der Waals surface area (Å²) in [6.07, 6.45) is 1.57. The van der Waals surface area contributed by atoms with Gasteiger partial charge in [-0.05, 0) is 35.9 Å². The molecular formula is C21H14O5. The standard InChI is InChI=1S/C21H14O5/c22-14-11-17(23)20-18(12-14)26-19(21(20)24)10-13-5-4-8-16(9-13)25-15-6-2-1-3-7-15/h1-12,22-23H/b19-10-. The van der Waals surface area contributed by atoms with Gasteiger partial charge in [0.2, 0.25) is 5.78 Å². The number of phenolic OH excluding ortho intramolecular Hbond substituents is 2. The zero-order valence-electron chi connectivity index (χ0n) is 13.5. The third-order valence-electron chi connectivity index (χ3n) is 3.87. The molecule has 0 saturated heterocycles. The first-order valence-corrected chi connectivity index (χ1v) is 7.93. The van der Waals surface area contributed by atoms with Crippen LogP contribution in [0.25, 0.3) is 6.08 Å². The van der Waals surface area contributed by atoms with Crippen molar-refractivity contribution in [2.45, 2.75) is 0 Å². The second-order valence-electron chi connectivity index (χ2n) is 5.77. The SMILES string of the molecule is O=C1/C(=C/c2cccc(Oc3ccccc3)c2)Oc2cc(O)cc(O)c21. The lowest BCUT2D eigenvalue weighted by molar-refractivity contribution is 0.101. The van der Waals surface area contributed by atoms with Gasteiger partial charge in [-0.1, -0.05) is 30.3 Å². The van der Waals surface area contributed by atoms with Crippen molar-refractivity contribution in [3.63, 3.8) is 0 Å². The first-order chi connectivity index (χ1) is 12.6. The van der Waals surface area contributed by atoms with Crippen LogP contribution in [0, 0.1) is 0 Å². The van der Waals surface area contributed by atoms with E-state index in [1.54, 1.807) is 18.2 Å². The van der Waals surface area contributed by atoms with E-state index >= 15 is 0 Å². The van der Waals surface area contributed by atoms with Gasteiger partial charge in [-0.3, -0.25) is 4.79 Å². The van der Waals surface area contributed by atoms with Crippen LogP contribution in [0.3, 0.4) is 0 Å². The number of Topliss-reactive ketones (excluding diaryl/α,β-unsaturated/α-hetero) is 1. The molecule has 3 aromatic carbocycles. The van der Waals surface area contributed by atoms with Gasteiger partial charge in [-0.2, -0.15) is 0 Å². The normalized spacial score (nSPS) is 14.2. The second-order valence-corrected chi connectivity index (χ2v) is 5.77. The molecule has 0 amide bonds. The highest BCUT2D eigenvalue weighted by Crippen LogP contribution is 2.40. The van der Waals surface area contributed by atoms with E-state index in [1.165, 1.54) is 6.07 Å². The van der Waals surface area contributed by atoms with Crippen LogP contribution in [0.1, 0.15) is 15.9 Å². The largest absolute Gasteiger partial charge is 0.508 e. The molecule has 0 bridgehead atoms. The fourth-order valence-electron chi connectivity index (χ4n) is 2.72. The van der Waals surface area contributed by atoms with Gasteiger partial charge in [0.05, 0.1) is 0 Å². The van der Waals surface area contributed by atoms with Crippen LogP contribution < -0.4 is 9.47 Å². The van der Waals surface area contributed by atoms with Gasteiger partial charge in [0.1, 0.15) is 34.3 Å². The highest BCUT2D eigenvalue weighted by molar-refractivity contribution is 6.16. The maximum absolute atomic E-state index is 12.4. The minimum Gasteiger partial charge on any atom is -0.508 e. The van der Waals surface area contributed by atoms with Crippen molar-refractivity contribution in [1.29, 1.82) is 0 Å². The van der Waals surface area contributed by atoms with Crippen LogP contribution >= 0.6 is 0 Å². The van der Waals surface area contributed by atoms with Gasteiger partial charge >= 0.3 is 0 Å². The van der Waals surface area contributed by atoms with Crippen molar-refractivity contribution in [3.8, 4) is 28.7 Å². The zero-order valence-corrected chi connectivity index (χ0v) is 13.5. The van der Waals surface area contributed by atoms with E-state index < -0.39 is 5.78 Å². The van der Waals surface area contributed by atoms with Crippen molar-refractivity contribution in [2.24, 2.45) is 0 Å². The number of benzene rings is 3. The number of para-hydroxylation sites is 1. The van der Waals surface area contributed by atoms with Gasteiger partial charge in [0, 0.05) is 12.1 Å². The average Bonchev–Trinajstić information content (AvgIpc) is 2.92. The van der Waals surface area contributed by atoms with Gasteiger partial charge in [0.25, 0.3) is 0 Å². The summed E-state index contributed by atoms with van der Waals surface area (Å²) < 4.78 is 11.3. The Labute approximate surface area is 149 Å². The number of rotatable bonds is 3. The predicted molar refractivity (Wildman–Crippen MR) is 95.7 cm³/mol. The van der Waals surface area contributed by atoms with Crippen molar-refractivity contribution in [2.75, 3.05) is 0 Å². The Hall–Kier alpha value is -3.73. The molecule has 0 unspecified atom stereocenters. The lowest BCUT2D eigenvalue weighted by Gasteiger charge is -2.06. The van der Waals surface area contributed by atoms with Crippen LogP contribution in [0.2, 0.25) is 0 Å². The lowest BCUT2D eigenvalue weighted by Crippen LogP contribution is -1.98. The van der Waals surface area contributed by atoms with Gasteiger partial charge in [0.15, 0.2) is 5.76 Å². The van der Waals surface area contributed by atoms with Crippen LogP contribution in [0.15, 0.2) is 72.5 Å². The first-order valence-electron chi connectivity index (χ1n) is 7.93. The molecule has 0 aliphatic carbocycles. The molecule has 0 radical (unpaired) electrons. The van der Waals surface area contributed by atoms with Gasteiger partial charge in [-0.25, -0.2) is 0 Å². The summed E-state index contributed by atoms with van der Waals surface area (Å²) in [5.74, 6) is 0.607. The number of hydrogen-bond donors (Lipinski definition) is 2. The first kappa shape index (κ1) is 15.8. The van der Waals surface area contributed by atoms with Crippen LogP contribution in [-0.2, 0) is 0 Å². The topological polar surface area (TPSA) is 76.0 Å². The number of ketones is 1. The van der Waals surface area contributed by atoms with E-state index in [-0.39, 0.29) is 28.6 Å². The number of ether oxygens (including phenoxy) is 2. The molecule has 0 atom stereocenters. The molecule has 5 nitrogen and oxygen atoms in total. The molecule has 0 fully saturated rings. The van der Waals surface area contributed by atoms with Crippen molar-refractivity contribution < 1.29 is 24.5 Å². The molecule has 5 heteroatoms. The molecule has 4 rings (SSSR count). The molecule has 0 saturated carbocycles. The molecule has 3 aromatic rings. The minimum absolute atomic E-state index is 0.0470. The lowest BCUT2D eigenvalue weighted by atomic mass is 10.1. The number of phenols is 2. The third kappa shape index (κ3) is 2.98. The molecule has 0 aromatic heterocycles. The fraction of sp³-hybridized carbons (Fsp3) is 0. The quantitative estimate of drug-likeness (QED) is 0.683. The highest BCUT2D eigenvalue weighted by atomic mass is 16.5. The molecule has 1 aliphatic heterocycles. The third-order valence-corrected chi connectivity index (χ3v) is 3.87. The van der Waals surface area contributed by atoms with E-state index in [4.69, 9.17) is 9.47 Å². The summed E-state index contributed by atoms with van der Waals surface area (Å²) >= 11 is 0. The molecule has 128 valence electrons. The highest BCUT2D eigenvalue weighted by Gasteiger charge is 2.31. The maximum Gasteiger partial charge on any atom is 0.235 e. The summed E-state index contributed by atoms with van der Waals surface area (Å²) in [7, 11) is 0. The van der Waals surface area contributed by atoms with Gasteiger partial charge in [-0.15, -0.1) is 0 Å². The van der Waals surface area contributed by atoms with Crippen LogP contribution in [0.4, 0.5) is 0 Å². The summed E-state index contributed by atoms with van der Waals surface area (Å²) in [6.45, 7) is 0. The molecule has 1 aliphatic rings. The number of hydrogen-bond acceptors (Lipinski definition) is 5. The number of carbonyl (C=O) groups is 1. The Balaban J connectivity index is 1.62. The molecule has 1 heterocycles. The maximum atomic E-state index is 12.4. The number of carbonyl (C=O) groups excluding carboxylic acids is 1. The fourth-order valence-corrected chi connectivity index (χ4v) is 2.72. The van der Waals surface area contributed by atoms with Crippen molar-refractivity contribution in [3.05, 3.63) is 83.6 Å². The summed E-state index contributed by atoms with van der Waals surface area (Å²) in [5, 5.41) is 19.4. The summed E-state index contributed by atoms with van der Waals surface area (Å²) in [4.78, 5) is 12.4. The van der Waals surface area contributed by atoms with Crippen LogP contribution in [-0.4, -0.2) is 16.0 Å². The number of allylic oxidation sites excluding steroid dienone is 1. The van der Waals surface area contributed by atoms with Crippen LogP contribution in [0.5, 0.6) is 28.7 Å². The van der Waals surface area contributed by atoms with E-state index in [0.717, 1.165) is 6.07 Å². The van der Waals surface area contributed by atoms with Crippen molar-refractivity contribution >= 4 is 11.9 Å². The molecule has 0 spiro atoms. The smallest absolute Gasteiger partial charge is 0.235 e. The average molecular weight is 346 g/mol. The second kappa shape index (κ2) is 6.29. The Morgan fingerprint density at radius 3 is 2.46 bits per heavy atom. The Morgan fingerprint density at radius 2 is 1.65 bits per heavy atom. The minimum atomic E-state index is -0.438. The summed E-state index contributed by atoms with van der Waals surface area (Å²) in [5.41, 5.74) is 0.754. The van der Waals surface area contributed by atoms with Crippen molar-refractivity contribution in [1.82, 2.24) is 0 Å².